The van der Waals surface area contributed by atoms with Crippen LogP contribution in [0.3, 0.4) is 0 Å². The molecule has 0 N–H and O–H groups in total. The number of hydrogen-bond acceptors (Lipinski definition) is 4. The van der Waals surface area contributed by atoms with Gasteiger partial charge in [-0.15, -0.1) is 0 Å². The van der Waals surface area contributed by atoms with Gasteiger partial charge in [0.15, 0.2) is 0 Å². The highest BCUT2D eigenvalue weighted by Crippen LogP contribution is 2.24. The summed E-state index contributed by atoms with van der Waals surface area (Å²) in [6.45, 7) is 1.97. The average molecular weight is 298 g/mol. The third kappa shape index (κ3) is 3.93. The van der Waals surface area contributed by atoms with Gasteiger partial charge in [0, 0.05) is 19.2 Å². The second-order valence-electron chi connectivity index (χ2n) is 5.08. The van der Waals surface area contributed by atoms with Gasteiger partial charge >= 0.3 is 5.97 Å². The molecule has 1 aromatic heterocycles. The highest BCUT2D eigenvalue weighted by Gasteiger charge is 2.25. The number of rotatable bonds is 4. The van der Waals surface area contributed by atoms with Crippen LogP contribution in [0.25, 0.3) is 0 Å². The number of carbonyl (C=O) groups is 1. The molecule has 110 valence electrons. The van der Waals surface area contributed by atoms with Crippen LogP contribution in [0.2, 0.25) is 5.15 Å². The Balaban J connectivity index is 2.02. The Morgan fingerprint density at radius 2 is 2.15 bits per heavy atom. The summed E-state index contributed by atoms with van der Waals surface area (Å²) < 4.78 is 10.9. The van der Waals surface area contributed by atoms with E-state index < -0.39 is 0 Å². The Hall–Kier alpha value is -1.13. The molecule has 1 fully saturated rings. The molecule has 0 bridgehead atoms. The van der Waals surface area contributed by atoms with Crippen LogP contribution >= 0.6 is 11.6 Å². The van der Waals surface area contributed by atoms with Gasteiger partial charge in [-0.2, -0.15) is 0 Å². The largest absolute Gasteiger partial charge is 0.459 e. The zero-order valence-electron chi connectivity index (χ0n) is 11.9. The summed E-state index contributed by atoms with van der Waals surface area (Å²) in [4.78, 5) is 16.3. The molecule has 1 aliphatic rings. The molecule has 0 amide bonds. The minimum Gasteiger partial charge on any atom is -0.459 e. The molecule has 1 saturated carbocycles. The maximum Gasteiger partial charge on any atom is 0.338 e. The summed E-state index contributed by atoms with van der Waals surface area (Å²) in [6, 6.07) is 3.30. The van der Waals surface area contributed by atoms with Gasteiger partial charge < -0.3 is 9.47 Å². The van der Waals surface area contributed by atoms with Gasteiger partial charge in [-0.3, -0.25) is 0 Å². The van der Waals surface area contributed by atoms with Gasteiger partial charge in [-0.05, 0) is 37.8 Å². The Morgan fingerprint density at radius 3 is 2.85 bits per heavy atom. The van der Waals surface area contributed by atoms with Crippen molar-refractivity contribution in [1.29, 1.82) is 0 Å². The minimum atomic E-state index is -0.328. The lowest BCUT2D eigenvalue weighted by molar-refractivity contribution is -0.0149. The number of aromatic nitrogens is 1. The Morgan fingerprint density at radius 1 is 1.40 bits per heavy atom. The maximum absolute atomic E-state index is 12.2. The average Bonchev–Trinajstić information content (AvgIpc) is 2.46. The van der Waals surface area contributed by atoms with Crippen molar-refractivity contribution in [3.05, 3.63) is 28.5 Å². The lowest BCUT2D eigenvalue weighted by atomic mass is 9.95. The summed E-state index contributed by atoms with van der Waals surface area (Å²) in [5.74, 6) is -0.328. The predicted octanol–water partition coefficient (Wildman–Crippen LogP) is 3.41. The van der Waals surface area contributed by atoms with Gasteiger partial charge in [0.25, 0.3) is 0 Å². The number of nitrogens with zero attached hydrogens (tertiary/aromatic N) is 1. The van der Waals surface area contributed by atoms with Crippen LogP contribution in [0, 0.1) is 0 Å². The van der Waals surface area contributed by atoms with Gasteiger partial charge in [0.05, 0.1) is 11.7 Å². The van der Waals surface area contributed by atoms with Gasteiger partial charge in [0.1, 0.15) is 11.3 Å². The molecule has 0 saturated heterocycles. The quantitative estimate of drug-likeness (QED) is 0.631. The van der Waals surface area contributed by atoms with E-state index in [4.69, 9.17) is 21.1 Å². The van der Waals surface area contributed by atoms with Crippen molar-refractivity contribution in [2.24, 2.45) is 0 Å². The summed E-state index contributed by atoms with van der Waals surface area (Å²) in [5, 5.41) is 0.328. The zero-order chi connectivity index (χ0) is 14.5. The topological polar surface area (TPSA) is 48.4 Å². The number of pyridine rings is 1. The van der Waals surface area contributed by atoms with Crippen molar-refractivity contribution >= 4 is 17.6 Å². The molecule has 1 aromatic rings. The summed E-state index contributed by atoms with van der Waals surface area (Å²) >= 11 is 5.92. The van der Waals surface area contributed by atoms with Crippen LogP contribution < -0.4 is 0 Å². The molecule has 2 atom stereocenters. The molecule has 20 heavy (non-hydrogen) atoms. The van der Waals surface area contributed by atoms with E-state index in [0.29, 0.717) is 10.7 Å². The Kier molecular flexibility index (Phi) is 5.38. The summed E-state index contributed by atoms with van der Waals surface area (Å²) in [5.41, 5.74) is 1.27. The van der Waals surface area contributed by atoms with Crippen LogP contribution in [0.5, 0.6) is 0 Å². The molecular weight excluding hydrogens is 278 g/mol. The Bertz CT molecular complexity index is 478. The summed E-state index contributed by atoms with van der Waals surface area (Å²) in [6.07, 6.45) is 4.56. The SMILES string of the molecule is CCc1cc(C(=O)OC2CCCC(OC)C2)cc(Cl)n1. The smallest absolute Gasteiger partial charge is 0.338 e. The molecule has 1 heterocycles. The number of aryl methyl sites for hydroxylation is 1. The second kappa shape index (κ2) is 7.04. The van der Waals surface area contributed by atoms with Crippen LogP contribution in [0.4, 0.5) is 0 Å². The van der Waals surface area contributed by atoms with Gasteiger partial charge in [-0.25, -0.2) is 9.78 Å². The molecule has 0 aromatic carbocycles. The first kappa shape index (κ1) is 15.3. The van der Waals surface area contributed by atoms with Crippen molar-refractivity contribution < 1.29 is 14.3 Å². The third-order valence-corrected chi connectivity index (χ3v) is 3.82. The molecule has 2 rings (SSSR count). The Labute approximate surface area is 124 Å². The van der Waals surface area contributed by atoms with E-state index in [2.05, 4.69) is 4.98 Å². The first-order chi connectivity index (χ1) is 9.62. The number of carbonyl (C=O) groups excluding carboxylic acids is 1. The number of halogens is 1. The second-order valence-corrected chi connectivity index (χ2v) is 5.46. The normalized spacial score (nSPS) is 22.6. The standard InChI is InChI=1S/C15H20ClNO3/c1-3-11-7-10(8-14(16)17-11)15(18)20-13-6-4-5-12(9-13)19-2/h7-8,12-13H,3-6,9H2,1-2H3. The van der Waals surface area contributed by atoms with Crippen molar-refractivity contribution in [2.45, 2.75) is 51.2 Å². The molecule has 1 aliphatic carbocycles. The van der Waals surface area contributed by atoms with E-state index in [9.17, 15) is 4.79 Å². The van der Waals surface area contributed by atoms with Crippen molar-refractivity contribution in [3.63, 3.8) is 0 Å². The van der Waals surface area contributed by atoms with Crippen LogP contribution in [0.1, 0.15) is 48.7 Å². The van der Waals surface area contributed by atoms with Gasteiger partial charge in [0.2, 0.25) is 0 Å². The maximum atomic E-state index is 12.2. The lowest BCUT2D eigenvalue weighted by Gasteiger charge is -2.27. The van der Waals surface area contributed by atoms with E-state index >= 15 is 0 Å². The van der Waals surface area contributed by atoms with E-state index in [1.54, 1.807) is 19.2 Å². The first-order valence-corrected chi connectivity index (χ1v) is 7.40. The van der Waals surface area contributed by atoms with Crippen LogP contribution in [0.15, 0.2) is 12.1 Å². The fourth-order valence-electron chi connectivity index (χ4n) is 2.49. The van der Waals surface area contributed by atoms with Crippen molar-refractivity contribution in [1.82, 2.24) is 4.98 Å². The van der Waals surface area contributed by atoms with E-state index in [0.717, 1.165) is 37.8 Å². The monoisotopic (exact) mass is 297 g/mol. The molecular formula is C15H20ClNO3. The zero-order valence-corrected chi connectivity index (χ0v) is 12.7. The van der Waals surface area contributed by atoms with E-state index in [-0.39, 0.29) is 18.2 Å². The molecule has 4 nitrogen and oxygen atoms in total. The molecule has 0 radical (unpaired) electrons. The van der Waals surface area contributed by atoms with Crippen molar-refractivity contribution in [2.75, 3.05) is 7.11 Å². The fourth-order valence-corrected chi connectivity index (χ4v) is 2.72. The molecule has 0 aliphatic heterocycles. The molecule has 2 unspecified atom stereocenters. The fraction of sp³-hybridized carbons (Fsp3) is 0.600. The first-order valence-electron chi connectivity index (χ1n) is 7.02. The van der Waals surface area contributed by atoms with Crippen LogP contribution in [-0.2, 0) is 15.9 Å². The molecule has 5 heteroatoms. The lowest BCUT2D eigenvalue weighted by Crippen LogP contribution is -2.29. The van der Waals surface area contributed by atoms with Gasteiger partial charge in [-0.1, -0.05) is 18.5 Å². The number of ether oxygens (including phenoxy) is 2. The van der Waals surface area contributed by atoms with E-state index in [1.807, 2.05) is 6.92 Å². The van der Waals surface area contributed by atoms with Crippen molar-refractivity contribution in [3.8, 4) is 0 Å². The highest BCUT2D eigenvalue weighted by molar-refractivity contribution is 6.29. The number of hydrogen-bond donors (Lipinski definition) is 0. The number of esters is 1. The highest BCUT2D eigenvalue weighted by atomic mass is 35.5. The molecule has 0 spiro atoms. The minimum absolute atomic E-state index is 0.0711. The van der Waals surface area contributed by atoms with E-state index in [1.165, 1.54) is 0 Å². The van der Waals surface area contributed by atoms with Crippen LogP contribution in [-0.4, -0.2) is 30.3 Å². The predicted molar refractivity (Wildman–Crippen MR) is 77.1 cm³/mol. The third-order valence-electron chi connectivity index (χ3n) is 3.63. The summed E-state index contributed by atoms with van der Waals surface area (Å²) in [7, 11) is 1.70. The number of methoxy groups -OCH3 is 1.